The van der Waals surface area contributed by atoms with Crippen molar-refractivity contribution in [2.24, 2.45) is 0 Å². The summed E-state index contributed by atoms with van der Waals surface area (Å²) in [5, 5.41) is 13.1. The van der Waals surface area contributed by atoms with Gasteiger partial charge in [0.2, 0.25) is 0 Å². The van der Waals surface area contributed by atoms with E-state index >= 15 is 0 Å². The number of aliphatic hydroxyl groups is 1. The molecular weight excluding hydrogens is 268 g/mol. The minimum absolute atomic E-state index is 0.199. The monoisotopic (exact) mass is 282 g/mol. The Morgan fingerprint density at radius 2 is 2.42 bits per heavy atom. The second kappa shape index (κ2) is 5.95. The lowest BCUT2D eigenvalue weighted by Crippen LogP contribution is -2.33. The van der Waals surface area contributed by atoms with E-state index in [-0.39, 0.29) is 11.9 Å². The van der Waals surface area contributed by atoms with E-state index < -0.39 is 6.10 Å². The van der Waals surface area contributed by atoms with Gasteiger partial charge in [-0.15, -0.1) is 0 Å². The zero-order valence-corrected chi connectivity index (χ0v) is 11.1. The molecule has 6 heteroatoms. The summed E-state index contributed by atoms with van der Waals surface area (Å²) < 4.78 is 5.10. The highest BCUT2D eigenvalue weighted by molar-refractivity contribution is 6.30. The summed E-state index contributed by atoms with van der Waals surface area (Å²) in [6, 6.07) is 4.76. The normalized spacial score (nSPS) is 14.1. The molecule has 2 aromatic rings. The molecule has 102 valence electrons. The van der Waals surface area contributed by atoms with Crippen molar-refractivity contribution in [3.05, 3.63) is 47.1 Å². The van der Waals surface area contributed by atoms with Crippen LogP contribution >= 0.6 is 11.6 Å². The number of amides is 1. The van der Waals surface area contributed by atoms with Crippen LogP contribution < -0.4 is 5.32 Å². The molecule has 2 unspecified atom stereocenters. The van der Waals surface area contributed by atoms with E-state index in [1.54, 1.807) is 24.4 Å². The summed E-state index contributed by atoms with van der Waals surface area (Å²) in [6.07, 6.45) is 2.67. The number of halogens is 1. The van der Waals surface area contributed by atoms with E-state index in [0.29, 0.717) is 22.9 Å². The van der Waals surface area contributed by atoms with Crippen molar-refractivity contribution in [1.29, 1.82) is 0 Å². The molecule has 0 aliphatic heterocycles. The first-order chi connectivity index (χ1) is 9.06. The number of H-pyrrole nitrogens is 1. The minimum Gasteiger partial charge on any atom is -0.467 e. The molecule has 0 saturated heterocycles. The van der Waals surface area contributed by atoms with Gasteiger partial charge in [0.25, 0.3) is 5.91 Å². The summed E-state index contributed by atoms with van der Waals surface area (Å²) >= 11 is 5.73. The average molecular weight is 283 g/mol. The summed E-state index contributed by atoms with van der Waals surface area (Å²) in [7, 11) is 0. The number of rotatable bonds is 5. The second-order valence-corrected chi connectivity index (χ2v) is 4.81. The molecule has 0 aliphatic rings. The van der Waals surface area contributed by atoms with Gasteiger partial charge in [-0.05, 0) is 25.1 Å². The van der Waals surface area contributed by atoms with Crippen LogP contribution in [0.5, 0.6) is 0 Å². The van der Waals surface area contributed by atoms with Gasteiger partial charge in [0.15, 0.2) is 0 Å². The Labute approximate surface area is 115 Å². The first-order valence-corrected chi connectivity index (χ1v) is 6.30. The summed E-state index contributed by atoms with van der Waals surface area (Å²) in [6.45, 7) is 1.81. The Balaban J connectivity index is 1.87. The van der Waals surface area contributed by atoms with Crippen molar-refractivity contribution < 1.29 is 14.3 Å². The summed E-state index contributed by atoms with van der Waals surface area (Å²) in [4.78, 5) is 14.6. The van der Waals surface area contributed by atoms with E-state index in [0.717, 1.165) is 0 Å². The van der Waals surface area contributed by atoms with Gasteiger partial charge in [0, 0.05) is 18.7 Å². The molecule has 1 amide bonds. The number of aliphatic hydroxyl groups excluding tert-OH is 1. The Bertz CT molecular complexity index is 536. The van der Waals surface area contributed by atoms with Gasteiger partial charge in [-0.2, -0.15) is 0 Å². The first kappa shape index (κ1) is 13.7. The Morgan fingerprint density at radius 1 is 1.63 bits per heavy atom. The second-order valence-electron chi connectivity index (χ2n) is 4.37. The highest BCUT2D eigenvalue weighted by atomic mass is 35.5. The molecule has 0 bridgehead atoms. The summed E-state index contributed by atoms with van der Waals surface area (Å²) in [5.74, 6) is 0.232. The molecule has 2 atom stereocenters. The number of hydrogen-bond acceptors (Lipinski definition) is 3. The molecule has 2 heterocycles. The molecule has 19 heavy (non-hydrogen) atoms. The number of aromatic nitrogens is 1. The SMILES string of the molecule is CC(CC(O)c1ccco1)NC(=O)c1cc(Cl)c[nH]1. The molecule has 2 rings (SSSR count). The van der Waals surface area contributed by atoms with Crippen LogP contribution in [0.25, 0.3) is 0 Å². The van der Waals surface area contributed by atoms with Crippen LogP contribution in [-0.2, 0) is 0 Å². The lowest BCUT2D eigenvalue weighted by molar-refractivity contribution is 0.0899. The van der Waals surface area contributed by atoms with Crippen molar-refractivity contribution in [2.75, 3.05) is 0 Å². The van der Waals surface area contributed by atoms with Crippen LogP contribution in [-0.4, -0.2) is 22.0 Å². The largest absolute Gasteiger partial charge is 0.467 e. The molecule has 0 fully saturated rings. The Kier molecular flexibility index (Phi) is 4.29. The maximum absolute atomic E-state index is 11.8. The lowest BCUT2D eigenvalue weighted by Gasteiger charge is -2.16. The Morgan fingerprint density at radius 3 is 3.00 bits per heavy atom. The number of carbonyl (C=O) groups excluding carboxylic acids is 1. The van der Waals surface area contributed by atoms with Crippen molar-refractivity contribution in [3.8, 4) is 0 Å². The van der Waals surface area contributed by atoms with Crippen molar-refractivity contribution in [2.45, 2.75) is 25.5 Å². The summed E-state index contributed by atoms with van der Waals surface area (Å²) in [5.41, 5.74) is 0.393. The fraction of sp³-hybridized carbons (Fsp3) is 0.308. The number of furan rings is 1. The van der Waals surface area contributed by atoms with Gasteiger partial charge in [-0.25, -0.2) is 0 Å². The number of hydrogen-bond donors (Lipinski definition) is 3. The number of aromatic amines is 1. The fourth-order valence-corrected chi connectivity index (χ4v) is 1.96. The van der Waals surface area contributed by atoms with E-state index in [2.05, 4.69) is 10.3 Å². The van der Waals surface area contributed by atoms with Gasteiger partial charge >= 0.3 is 0 Å². The predicted molar refractivity (Wildman–Crippen MR) is 71.0 cm³/mol. The van der Waals surface area contributed by atoms with Gasteiger partial charge in [0.05, 0.1) is 11.3 Å². The molecule has 0 saturated carbocycles. The van der Waals surface area contributed by atoms with Gasteiger partial charge in [0.1, 0.15) is 17.6 Å². The minimum atomic E-state index is -0.738. The zero-order valence-electron chi connectivity index (χ0n) is 10.4. The molecule has 0 aliphatic carbocycles. The first-order valence-electron chi connectivity index (χ1n) is 5.92. The highest BCUT2D eigenvalue weighted by Crippen LogP contribution is 2.18. The van der Waals surface area contributed by atoms with Crippen LogP contribution in [0.1, 0.15) is 35.7 Å². The predicted octanol–water partition coefficient (Wildman–Crippen LogP) is 2.50. The van der Waals surface area contributed by atoms with Crippen LogP contribution in [0.2, 0.25) is 5.02 Å². The van der Waals surface area contributed by atoms with Crippen LogP contribution in [0, 0.1) is 0 Å². The zero-order chi connectivity index (χ0) is 13.8. The molecular formula is C13H15ClN2O3. The standard InChI is InChI=1S/C13H15ClN2O3/c1-8(5-11(17)12-3-2-4-19-12)16-13(18)10-6-9(14)7-15-10/h2-4,6-8,11,15,17H,5H2,1H3,(H,16,18). The molecule has 5 nitrogen and oxygen atoms in total. The van der Waals surface area contributed by atoms with Crippen molar-refractivity contribution in [3.63, 3.8) is 0 Å². The maximum atomic E-state index is 11.8. The molecule has 2 aromatic heterocycles. The van der Waals surface area contributed by atoms with Gasteiger partial charge in [-0.3, -0.25) is 4.79 Å². The van der Waals surface area contributed by atoms with E-state index in [1.165, 1.54) is 6.26 Å². The molecule has 0 radical (unpaired) electrons. The molecule has 0 aromatic carbocycles. The molecule has 3 N–H and O–H groups in total. The highest BCUT2D eigenvalue weighted by Gasteiger charge is 2.17. The Hall–Kier alpha value is -1.72. The third-order valence-corrected chi connectivity index (χ3v) is 2.94. The number of nitrogens with one attached hydrogen (secondary N) is 2. The van der Waals surface area contributed by atoms with E-state index in [9.17, 15) is 9.90 Å². The lowest BCUT2D eigenvalue weighted by atomic mass is 10.1. The van der Waals surface area contributed by atoms with E-state index in [1.807, 2.05) is 6.92 Å². The van der Waals surface area contributed by atoms with Gasteiger partial charge < -0.3 is 19.8 Å². The third-order valence-electron chi connectivity index (χ3n) is 2.72. The van der Waals surface area contributed by atoms with Gasteiger partial charge in [-0.1, -0.05) is 11.6 Å². The van der Waals surface area contributed by atoms with E-state index in [4.69, 9.17) is 16.0 Å². The molecule has 0 spiro atoms. The number of carbonyl (C=O) groups is 1. The smallest absolute Gasteiger partial charge is 0.267 e. The topological polar surface area (TPSA) is 78.3 Å². The van der Waals surface area contributed by atoms with Crippen LogP contribution in [0.15, 0.2) is 35.1 Å². The quantitative estimate of drug-likeness (QED) is 0.788. The van der Waals surface area contributed by atoms with Crippen LogP contribution in [0.3, 0.4) is 0 Å². The van der Waals surface area contributed by atoms with Crippen molar-refractivity contribution >= 4 is 17.5 Å². The third kappa shape index (κ3) is 3.62. The average Bonchev–Trinajstić information content (AvgIpc) is 2.98. The van der Waals surface area contributed by atoms with Crippen molar-refractivity contribution in [1.82, 2.24) is 10.3 Å². The fourth-order valence-electron chi connectivity index (χ4n) is 1.79. The van der Waals surface area contributed by atoms with Crippen LogP contribution in [0.4, 0.5) is 0 Å². The maximum Gasteiger partial charge on any atom is 0.267 e.